The lowest BCUT2D eigenvalue weighted by Crippen LogP contribution is -2.11. The molecule has 14 aromatic rings. The van der Waals surface area contributed by atoms with E-state index in [0.29, 0.717) is 0 Å². The number of hydrogen-bond donors (Lipinski definition) is 0. The van der Waals surface area contributed by atoms with Gasteiger partial charge < -0.3 is 18.3 Å². The van der Waals surface area contributed by atoms with Crippen molar-refractivity contribution in [1.29, 1.82) is 0 Å². The summed E-state index contributed by atoms with van der Waals surface area (Å²) in [5, 5.41) is 9.24. The van der Waals surface area contributed by atoms with Gasteiger partial charge in [0.25, 0.3) is 0 Å². The summed E-state index contributed by atoms with van der Waals surface area (Å²) < 4.78 is 15.4. The molecule has 4 nitrogen and oxygen atoms in total. The fourth-order valence-electron chi connectivity index (χ4n) is 10.7. The van der Waals surface area contributed by atoms with E-state index in [1.807, 2.05) is 12.1 Å². The summed E-state index contributed by atoms with van der Waals surface area (Å²) in [6.07, 6.45) is 0. The number of fused-ring (bicyclic) bond motifs is 11. The number of aromatic nitrogens is 1. The van der Waals surface area contributed by atoms with E-state index in [4.69, 9.17) is 8.83 Å². The third kappa shape index (κ3) is 5.94. The van der Waals surface area contributed by atoms with Crippen LogP contribution in [-0.4, -0.2) is 4.57 Å². The van der Waals surface area contributed by atoms with Gasteiger partial charge in [-0.25, -0.2) is 0 Å². The molecule has 0 amide bonds. The molecular formula is C64H40N2O2. The summed E-state index contributed by atoms with van der Waals surface area (Å²) in [6.45, 7) is 0. The Hall–Kier alpha value is -9.12. The van der Waals surface area contributed by atoms with Gasteiger partial charge in [0, 0.05) is 60.3 Å². The van der Waals surface area contributed by atoms with Gasteiger partial charge in [-0.05, 0) is 112 Å². The molecule has 11 aromatic carbocycles. The Bertz CT molecular complexity index is 4210. The molecule has 318 valence electrons. The molecule has 0 radical (unpaired) electrons. The van der Waals surface area contributed by atoms with Crippen LogP contribution in [0.4, 0.5) is 17.1 Å². The van der Waals surface area contributed by atoms with E-state index in [2.05, 4.69) is 240 Å². The van der Waals surface area contributed by atoms with Gasteiger partial charge >= 0.3 is 0 Å². The van der Waals surface area contributed by atoms with Crippen molar-refractivity contribution in [2.45, 2.75) is 0 Å². The normalized spacial score (nSPS) is 11.8. The predicted octanol–water partition coefficient (Wildman–Crippen LogP) is 18.2. The highest BCUT2D eigenvalue weighted by Crippen LogP contribution is 2.47. The van der Waals surface area contributed by atoms with Crippen LogP contribution in [0, 0.1) is 0 Å². The quantitative estimate of drug-likeness (QED) is 0.160. The van der Waals surface area contributed by atoms with Gasteiger partial charge in [-0.3, -0.25) is 0 Å². The average Bonchev–Trinajstić information content (AvgIpc) is 4.10. The van der Waals surface area contributed by atoms with Crippen molar-refractivity contribution < 1.29 is 8.83 Å². The molecule has 0 unspecified atom stereocenters. The smallest absolute Gasteiger partial charge is 0.143 e. The van der Waals surface area contributed by atoms with Crippen LogP contribution < -0.4 is 4.90 Å². The van der Waals surface area contributed by atoms with Gasteiger partial charge in [-0.2, -0.15) is 0 Å². The molecule has 0 bridgehead atoms. The van der Waals surface area contributed by atoms with Gasteiger partial charge in [0.05, 0.1) is 16.7 Å². The second-order valence-electron chi connectivity index (χ2n) is 17.6. The van der Waals surface area contributed by atoms with E-state index in [1.54, 1.807) is 0 Å². The third-order valence-electron chi connectivity index (χ3n) is 13.8. The topological polar surface area (TPSA) is 34.5 Å². The molecule has 0 fully saturated rings. The molecule has 3 heterocycles. The van der Waals surface area contributed by atoms with Crippen molar-refractivity contribution in [3.63, 3.8) is 0 Å². The Morgan fingerprint density at radius 3 is 1.65 bits per heavy atom. The summed E-state index contributed by atoms with van der Waals surface area (Å²) in [5.41, 5.74) is 17.0. The van der Waals surface area contributed by atoms with Crippen molar-refractivity contribution in [2.75, 3.05) is 4.90 Å². The molecule has 68 heavy (non-hydrogen) atoms. The van der Waals surface area contributed by atoms with Crippen molar-refractivity contribution in [3.05, 3.63) is 243 Å². The van der Waals surface area contributed by atoms with Crippen LogP contribution in [0.3, 0.4) is 0 Å². The van der Waals surface area contributed by atoms with Crippen molar-refractivity contribution in [1.82, 2.24) is 4.57 Å². The minimum Gasteiger partial charge on any atom is -0.456 e. The molecule has 14 rings (SSSR count). The number of hydrogen-bond acceptors (Lipinski definition) is 3. The molecular weight excluding hydrogens is 829 g/mol. The van der Waals surface area contributed by atoms with E-state index >= 15 is 0 Å². The fourth-order valence-corrected chi connectivity index (χ4v) is 10.7. The number of nitrogens with zero attached hydrogens (tertiary/aromatic N) is 2. The summed E-state index contributed by atoms with van der Waals surface area (Å²) in [5.74, 6) is 0. The average molecular weight is 869 g/mol. The van der Waals surface area contributed by atoms with E-state index in [-0.39, 0.29) is 0 Å². The highest BCUT2D eigenvalue weighted by Gasteiger charge is 2.22. The first-order chi connectivity index (χ1) is 33.7. The standard InChI is InChI=1S/C64H40N2O2/c1-2-17-49-42(14-1)34-39-55-63-53(23-13-29-61(63)68-64(49)55)52-20-5-7-24-56(52)65(46-37-32-43(33-38-46)48-22-12-28-60-62(48)54-21-6-10-27-59(54)67-60)45-35-30-41(31-36-45)44-15-11-16-47(40-44)66-57-25-8-3-18-50(57)51-19-4-9-26-58(51)66/h1-40H. The highest BCUT2D eigenvalue weighted by molar-refractivity contribution is 6.20. The fraction of sp³-hybridized carbons (Fsp3) is 0. The molecule has 0 N–H and O–H groups in total. The van der Waals surface area contributed by atoms with Crippen LogP contribution in [0.1, 0.15) is 0 Å². The van der Waals surface area contributed by atoms with Crippen molar-refractivity contribution in [3.8, 4) is 39.1 Å². The first-order valence-electron chi connectivity index (χ1n) is 23.2. The summed E-state index contributed by atoms with van der Waals surface area (Å²) in [4.78, 5) is 2.39. The van der Waals surface area contributed by atoms with Gasteiger partial charge in [-0.1, -0.05) is 164 Å². The Balaban J connectivity index is 0.919. The lowest BCUT2D eigenvalue weighted by atomic mass is 9.95. The minimum absolute atomic E-state index is 0.869. The minimum atomic E-state index is 0.869. The SMILES string of the molecule is c1cc(-c2ccc(N(c3ccc(-c4cccc5oc6ccccc6c45)cc3)c3ccccc3-c3cccc4oc5c6ccccc6ccc5c34)cc2)cc(-n2c3ccccc3c3ccccc32)c1. The molecule has 0 saturated carbocycles. The number of furan rings is 2. The first-order valence-corrected chi connectivity index (χ1v) is 23.2. The first kappa shape index (κ1) is 38.2. The van der Waals surface area contributed by atoms with E-state index in [9.17, 15) is 0 Å². The molecule has 3 aromatic heterocycles. The monoisotopic (exact) mass is 868 g/mol. The zero-order valence-electron chi connectivity index (χ0n) is 36.8. The maximum Gasteiger partial charge on any atom is 0.143 e. The van der Waals surface area contributed by atoms with E-state index in [0.717, 1.165) is 111 Å². The van der Waals surface area contributed by atoms with Crippen LogP contribution >= 0.6 is 0 Å². The highest BCUT2D eigenvalue weighted by atomic mass is 16.3. The molecule has 0 aliphatic rings. The molecule has 0 aliphatic heterocycles. The molecule has 0 saturated heterocycles. The van der Waals surface area contributed by atoms with Gasteiger partial charge in [0.2, 0.25) is 0 Å². The molecule has 0 spiro atoms. The molecule has 4 heteroatoms. The number of benzene rings is 11. The zero-order valence-corrected chi connectivity index (χ0v) is 36.8. The van der Waals surface area contributed by atoms with Gasteiger partial charge in [0.1, 0.15) is 22.3 Å². The van der Waals surface area contributed by atoms with Crippen LogP contribution in [0.2, 0.25) is 0 Å². The summed E-state index contributed by atoms with van der Waals surface area (Å²) in [6, 6.07) is 86.9. The second kappa shape index (κ2) is 15.2. The maximum atomic E-state index is 6.71. The van der Waals surface area contributed by atoms with Crippen LogP contribution in [0.15, 0.2) is 251 Å². The number of para-hydroxylation sites is 4. The van der Waals surface area contributed by atoms with E-state index in [1.165, 1.54) is 21.8 Å². The Morgan fingerprint density at radius 2 is 0.882 bits per heavy atom. The summed E-state index contributed by atoms with van der Waals surface area (Å²) in [7, 11) is 0. The Kier molecular flexibility index (Phi) is 8.55. The Morgan fingerprint density at radius 1 is 0.324 bits per heavy atom. The predicted molar refractivity (Wildman–Crippen MR) is 284 cm³/mol. The molecule has 0 aliphatic carbocycles. The maximum absolute atomic E-state index is 6.71. The Labute approximate surface area is 391 Å². The number of anilines is 3. The molecule has 0 atom stereocenters. The van der Waals surface area contributed by atoms with Crippen LogP contribution in [0.5, 0.6) is 0 Å². The lowest BCUT2D eigenvalue weighted by molar-refractivity contribution is 0.669. The summed E-state index contributed by atoms with van der Waals surface area (Å²) >= 11 is 0. The van der Waals surface area contributed by atoms with Gasteiger partial charge in [-0.15, -0.1) is 0 Å². The number of rotatable bonds is 7. The third-order valence-corrected chi connectivity index (χ3v) is 13.8. The largest absolute Gasteiger partial charge is 0.456 e. The van der Waals surface area contributed by atoms with Crippen LogP contribution in [0.25, 0.3) is 116 Å². The van der Waals surface area contributed by atoms with E-state index < -0.39 is 0 Å². The second-order valence-corrected chi connectivity index (χ2v) is 17.6. The van der Waals surface area contributed by atoms with Crippen LogP contribution in [-0.2, 0) is 0 Å². The van der Waals surface area contributed by atoms with Gasteiger partial charge in [0.15, 0.2) is 0 Å². The van der Waals surface area contributed by atoms with Crippen molar-refractivity contribution >= 4 is 93.5 Å². The van der Waals surface area contributed by atoms with Crippen molar-refractivity contribution in [2.24, 2.45) is 0 Å². The lowest BCUT2D eigenvalue weighted by Gasteiger charge is -2.28. The zero-order chi connectivity index (χ0) is 44.7.